The minimum absolute atomic E-state index is 0.435. The van der Waals surface area contributed by atoms with Gasteiger partial charge in [-0.2, -0.15) is 5.10 Å². The molecule has 19 heavy (non-hydrogen) atoms. The van der Waals surface area contributed by atoms with Gasteiger partial charge in [0.1, 0.15) is 0 Å². The van der Waals surface area contributed by atoms with Gasteiger partial charge in [-0.1, -0.05) is 34.3 Å². The zero-order chi connectivity index (χ0) is 14.1. The Balaban J connectivity index is 1.93. The summed E-state index contributed by atoms with van der Waals surface area (Å²) in [5, 5.41) is 7.91. The maximum Gasteiger partial charge on any atom is 0.0538 e. The molecule has 3 heteroatoms. The van der Waals surface area contributed by atoms with Gasteiger partial charge in [-0.25, -0.2) is 4.68 Å². The first-order valence-corrected chi connectivity index (χ1v) is 7.19. The molecule has 2 rings (SSSR count). The normalized spacial score (nSPS) is 22.3. The summed E-state index contributed by atoms with van der Waals surface area (Å²) >= 11 is 0. The Kier molecular flexibility index (Phi) is 3.86. The number of nitrogens with zero attached hydrogens (tertiary/aromatic N) is 2. The second-order valence-electron chi connectivity index (χ2n) is 7.50. The number of nitrogens with one attached hydrogen (secondary N) is 1. The quantitative estimate of drug-likeness (QED) is 0.896. The Morgan fingerprint density at radius 2 is 2.00 bits per heavy atom. The zero-order valence-corrected chi connectivity index (χ0v) is 12.7. The minimum Gasteiger partial charge on any atom is -0.310 e. The largest absolute Gasteiger partial charge is 0.310 e. The van der Waals surface area contributed by atoms with Gasteiger partial charge in [0, 0.05) is 30.5 Å². The predicted octanol–water partition coefficient (Wildman–Crippen LogP) is 3.68. The first kappa shape index (κ1) is 14.3. The third kappa shape index (κ3) is 3.93. The van der Waals surface area contributed by atoms with Crippen molar-refractivity contribution in [2.45, 2.75) is 59.5 Å². The van der Waals surface area contributed by atoms with Crippen molar-refractivity contribution in [2.75, 3.05) is 0 Å². The molecule has 3 nitrogen and oxygen atoms in total. The van der Waals surface area contributed by atoms with Crippen LogP contribution in [0.25, 0.3) is 6.20 Å². The zero-order valence-electron chi connectivity index (χ0n) is 12.7. The van der Waals surface area contributed by atoms with Gasteiger partial charge in [0.2, 0.25) is 0 Å². The molecule has 1 aromatic rings. The van der Waals surface area contributed by atoms with E-state index < -0.39 is 0 Å². The van der Waals surface area contributed by atoms with Gasteiger partial charge in [0.05, 0.1) is 6.20 Å². The topological polar surface area (TPSA) is 29.9 Å². The maximum absolute atomic E-state index is 4.21. The van der Waals surface area contributed by atoms with Crippen LogP contribution in [0.5, 0.6) is 0 Å². The van der Waals surface area contributed by atoms with Crippen LogP contribution in [-0.2, 0) is 6.54 Å². The molecule has 1 heterocycles. The van der Waals surface area contributed by atoms with E-state index in [1.54, 1.807) is 10.9 Å². The molecule has 0 saturated heterocycles. The van der Waals surface area contributed by atoms with Gasteiger partial charge in [0.25, 0.3) is 0 Å². The first-order valence-electron chi connectivity index (χ1n) is 7.19. The van der Waals surface area contributed by atoms with Crippen molar-refractivity contribution >= 4 is 6.20 Å². The standard InChI is InChI=1S/C16H27N3/c1-6-19-11-13(10-18-19)9-17-14-7-15(2,3)12-16(4,5)8-14/h6,10-11,14,17H,1,7-9,12H2,2-5H3. The lowest BCUT2D eigenvalue weighted by molar-refractivity contribution is 0.0845. The summed E-state index contributed by atoms with van der Waals surface area (Å²) in [6.07, 6.45) is 9.48. The van der Waals surface area contributed by atoms with Gasteiger partial charge in [0.15, 0.2) is 0 Å². The molecule has 0 atom stereocenters. The van der Waals surface area contributed by atoms with E-state index in [4.69, 9.17) is 0 Å². The Hall–Kier alpha value is -1.09. The van der Waals surface area contributed by atoms with Gasteiger partial charge >= 0.3 is 0 Å². The van der Waals surface area contributed by atoms with E-state index >= 15 is 0 Å². The molecule has 1 aromatic heterocycles. The molecule has 106 valence electrons. The van der Waals surface area contributed by atoms with Gasteiger partial charge in [-0.05, 0) is 30.1 Å². The molecule has 0 unspecified atom stereocenters. The molecular weight excluding hydrogens is 234 g/mol. The number of hydrogen-bond acceptors (Lipinski definition) is 2. The number of aromatic nitrogens is 2. The van der Waals surface area contributed by atoms with Crippen molar-refractivity contribution in [1.82, 2.24) is 15.1 Å². The Labute approximate surface area is 117 Å². The summed E-state index contributed by atoms with van der Waals surface area (Å²) in [6, 6.07) is 0.603. The van der Waals surface area contributed by atoms with Crippen molar-refractivity contribution in [2.24, 2.45) is 10.8 Å². The molecule has 1 aliphatic rings. The van der Waals surface area contributed by atoms with E-state index in [0.29, 0.717) is 16.9 Å². The molecule has 0 amide bonds. The molecule has 0 aliphatic heterocycles. The lowest BCUT2D eigenvalue weighted by Crippen LogP contribution is -2.43. The monoisotopic (exact) mass is 261 g/mol. The van der Waals surface area contributed by atoms with Crippen molar-refractivity contribution in [3.8, 4) is 0 Å². The summed E-state index contributed by atoms with van der Waals surface area (Å²) < 4.78 is 1.76. The maximum atomic E-state index is 4.21. The summed E-state index contributed by atoms with van der Waals surface area (Å²) in [7, 11) is 0. The molecule has 1 N–H and O–H groups in total. The summed E-state index contributed by atoms with van der Waals surface area (Å²) in [6.45, 7) is 14.2. The first-order chi connectivity index (χ1) is 8.80. The van der Waals surface area contributed by atoms with Gasteiger partial charge in [-0.3, -0.25) is 0 Å². The molecule has 1 saturated carbocycles. The van der Waals surface area contributed by atoms with E-state index in [1.165, 1.54) is 24.8 Å². The van der Waals surface area contributed by atoms with Crippen LogP contribution in [0.3, 0.4) is 0 Å². The van der Waals surface area contributed by atoms with E-state index in [1.807, 2.05) is 12.4 Å². The summed E-state index contributed by atoms with van der Waals surface area (Å²) in [4.78, 5) is 0. The molecule has 1 aliphatic carbocycles. The SMILES string of the molecule is C=Cn1cc(CNC2CC(C)(C)CC(C)(C)C2)cn1. The van der Waals surface area contributed by atoms with E-state index in [2.05, 4.69) is 44.7 Å². The highest BCUT2D eigenvalue weighted by atomic mass is 15.2. The highest BCUT2D eigenvalue weighted by molar-refractivity contribution is 5.17. The van der Waals surface area contributed by atoms with Crippen LogP contribution < -0.4 is 5.32 Å². The van der Waals surface area contributed by atoms with Crippen molar-refractivity contribution < 1.29 is 0 Å². The van der Waals surface area contributed by atoms with Crippen LogP contribution in [0.15, 0.2) is 19.0 Å². The fourth-order valence-electron chi connectivity index (χ4n) is 3.82. The predicted molar refractivity (Wildman–Crippen MR) is 80.7 cm³/mol. The lowest BCUT2D eigenvalue weighted by atomic mass is 9.63. The van der Waals surface area contributed by atoms with Crippen LogP contribution in [0.2, 0.25) is 0 Å². The lowest BCUT2D eigenvalue weighted by Gasteiger charge is -2.45. The Morgan fingerprint density at radius 1 is 1.37 bits per heavy atom. The summed E-state index contributed by atoms with van der Waals surface area (Å²) in [5.41, 5.74) is 2.09. The highest BCUT2D eigenvalue weighted by Gasteiger charge is 2.38. The number of hydrogen-bond donors (Lipinski definition) is 1. The Morgan fingerprint density at radius 3 is 2.53 bits per heavy atom. The third-order valence-electron chi connectivity index (χ3n) is 3.99. The fourth-order valence-corrected chi connectivity index (χ4v) is 3.82. The van der Waals surface area contributed by atoms with Crippen molar-refractivity contribution in [1.29, 1.82) is 0 Å². The molecule has 1 fully saturated rings. The van der Waals surface area contributed by atoms with Gasteiger partial charge in [-0.15, -0.1) is 0 Å². The van der Waals surface area contributed by atoms with Crippen LogP contribution in [-0.4, -0.2) is 15.8 Å². The van der Waals surface area contributed by atoms with Crippen LogP contribution in [0, 0.1) is 10.8 Å². The average molecular weight is 261 g/mol. The fraction of sp³-hybridized carbons (Fsp3) is 0.688. The van der Waals surface area contributed by atoms with E-state index in [0.717, 1.165) is 6.54 Å². The van der Waals surface area contributed by atoms with Crippen LogP contribution in [0.4, 0.5) is 0 Å². The van der Waals surface area contributed by atoms with Crippen molar-refractivity contribution in [3.05, 3.63) is 24.5 Å². The smallest absolute Gasteiger partial charge is 0.0538 e. The highest BCUT2D eigenvalue weighted by Crippen LogP contribution is 2.45. The molecule has 0 aromatic carbocycles. The average Bonchev–Trinajstić information content (AvgIpc) is 2.70. The second kappa shape index (κ2) is 5.12. The Bertz CT molecular complexity index is 427. The molecule has 0 spiro atoms. The molecular formula is C16H27N3. The summed E-state index contributed by atoms with van der Waals surface area (Å²) in [5.74, 6) is 0. The number of rotatable bonds is 4. The van der Waals surface area contributed by atoms with Crippen LogP contribution in [0.1, 0.15) is 52.5 Å². The van der Waals surface area contributed by atoms with Crippen LogP contribution >= 0.6 is 0 Å². The molecule has 0 radical (unpaired) electrons. The third-order valence-corrected chi connectivity index (χ3v) is 3.99. The minimum atomic E-state index is 0.435. The second-order valence-corrected chi connectivity index (χ2v) is 7.50. The van der Waals surface area contributed by atoms with Gasteiger partial charge < -0.3 is 5.32 Å². The van der Waals surface area contributed by atoms with E-state index in [9.17, 15) is 0 Å². The van der Waals surface area contributed by atoms with E-state index in [-0.39, 0.29) is 0 Å². The van der Waals surface area contributed by atoms with Crippen molar-refractivity contribution in [3.63, 3.8) is 0 Å². The molecule has 0 bridgehead atoms.